The van der Waals surface area contributed by atoms with Gasteiger partial charge in [-0.05, 0) is 25.0 Å². The zero-order valence-electron chi connectivity index (χ0n) is 10.6. The Kier molecular flexibility index (Phi) is 2.30. The van der Waals surface area contributed by atoms with E-state index < -0.39 is 0 Å². The van der Waals surface area contributed by atoms with Crippen LogP contribution in [0.4, 0.5) is 4.39 Å². The number of hydrogen-bond acceptors (Lipinski definition) is 2. The number of aromatic nitrogens is 3. The molecule has 4 nitrogen and oxygen atoms in total. The molecule has 0 bridgehead atoms. The first-order chi connectivity index (χ1) is 9.72. The van der Waals surface area contributed by atoms with Gasteiger partial charge in [-0.2, -0.15) is 9.61 Å². The summed E-state index contributed by atoms with van der Waals surface area (Å²) in [7, 11) is 0. The van der Waals surface area contributed by atoms with E-state index in [0.29, 0.717) is 22.8 Å². The van der Waals surface area contributed by atoms with Crippen LogP contribution >= 0.6 is 0 Å². The molecule has 0 amide bonds. The third-order valence-corrected chi connectivity index (χ3v) is 3.63. The van der Waals surface area contributed by atoms with E-state index in [9.17, 15) is 9.18 Å². The van der Waals surface area contributed by atoms with E-state index in [2.05, 4.69) is 10.1 Å². The molecule has 4 rings (SSSR count). The van der Waals surface area contributed by atoms with Gasteiger partial charge in [0.05, 0.1) is 11.4 Å². The lowest BCUT2D eigenvalue weighted by molar-refractivity contribution is 0.630. The SMILES string of the molecule is O=c1cc(-c2ccccc2F)[nH]c2cc(C3CC3)nn12. The number of rotatable bonds is 2. The molecule has 1 fully saturated rings. The first kappa shape index (κ1) is 11.4. The van der Waals surface area contributed by atoms with Crippen molar-refractivity contribution in [2.75, 3.05) is 0 Å². The lowest BCUT2D eigenvalue weighted by Crippen LogP contribution is -2.14. The van der Waals surface area contributed by atoms with Crippen molar-refractivity contribution in [1.82, 2.24) is 14.6 Å². The van der Waals surface area contributed by atoms with Gasteiger partial charge in [-0.1, -0.05) is 12.1 Å². The summed E-state index contributed by atoms with van der Waals surface area (Å²) >= 11 is 0. The van der Waals surface area contributed by atoms with Crippen LogP contribution in [-0.2, 0) is 0 Å². The number of fused-ring (bicyclic) bond motifs is 1. The van der Waals surface area contributed by atoms with Crippen LogP contribution in [0, 0.1) is 5.82 Å². The number of hydrogen-bond donors (Lipinski definition) is 1. The van der Waals surface area contributed by atoms with Gasteiger partial charge in [0, 0.05) is 23.6 Å². The maximum absolute atomic E-state index is 13.8. The molecule has 0 aliphatic heterocycles. The highest BCUT2D eigenvalue weighted by Gasteiger charge is 2.26. The van der Waals surface area contributed by atoms with E-state index >= 15 is 0 Å². The van der Waals surface area contributed by atoms with Crippen molar-refractivity contribution in [3.8, 4) is 11.3 Å². The van der Waals surface area contributed by atoms with E-state index in [1.165, 1.54) is 16.6 Å². The Bertz CT molecular complexity index is 861. The van der Waals surface area contributed by atoms with Crippen LogP contribution in [0.1, 0.15) is 24.5 Å². The van der Waals surface area contributed by atoms with Gasteiger partial charge >= 0.3 is 0 Å². The molecule has 0 radical (unpaired) electrons. The molecule has 1 N–H and O–H groups in total. The first-order valence-corrected chi connectivity index (χ1v) is 6.60. The predicted molar refractivity (Wildman–Crippen MR) is 73.2 cm³/mol. The van der Waals surface area contributed by atoms with E-state index in [-0.39, 0.29) is 11.4 Å². The lowest BCUT2D eigenvalue weighted by Gasteiger charge is -2.03. The fraction of sp³-hybridized carbons (Fsp3) is 0.200. The minimum Gasteiger partial charge on any atom is -0.339 e. The van der Waals surface area contributed by atoms with E-state index in [4.69, 9.17) is 0 Å². The minimum absolute atomic E-state index is 0.246. The average molecular weight is 269 g/mol. The lowest BCUT2D eigenvalue weighted by atomic mass is 10.1. The molecule has 5 heteroatoms. The second kappa shape index (κ2) is 4.03. The largest absolute Gasteiger partial charge is 0.339 e. The van der Waals surface area contributed by atoms with Gasteiger partial charge in [0.15, 0.2) is 0 Å². The molecule has 1 saturated carbocycles. The molecule has 2 aromatic heterocycles. The molecule has 20 heavy (non-hydrogen) atoms. The molecule has 100 valence electrons. The van der Waals surface area contributed by atoms with Gasteiger partial charge < -0.3 is 4.98 Å². The standard InChI is InChI=1S/C15H12FN3O/c16-11-4-2-1-3-10(11)13-8-15(20)19-14(17-13)7-12(18-19)9-5-6-9/h1-4,7-9,17H,5-6H2. The summed E-state index contributed by atoms with van der Waals surface area (Å²) in [5.41, 5.74) is 2.16. The molecule has 1 aromatic carbocycles. The maximum atomic E-state index is 13.8. The molecule has 2 heterocycles. The number of H-pyrrole nitrogens is 1. The molecular weight excluding hydrogens is 257 g/mol. The third kappa shape index (κ3) is 1.74. The van der Waals surface area contributed by atoms with Crippen molar-refractivity contribution in [3.63, 3.8) is 0 Å². The van der Waals surface area contributed by atoms with Gasteiger partial charge in [0.1, 0.15) is 11.5 Å². The third-order valence-electron chi connectivity index (χ3n) is 3.63. The molecule has 0 saturated heterocycles. The first-order valence-electron chi connectivity index (χ1n) is 6.60. The Morgan fingerprint density at radius 1 is 1.25 bits per heavy atom. The Balaban J connectivity index is 1.93. The van der Waals surface area contributed by atoms with Crippen LogP contribution in [-0.4, -0.2) is 14.6 Å². The van der Waals surface area contributed by atoms with Crippen molar-refractivity contribution >= 4 is 5.65 Å². The van der Waals surface area contributed by atoms with Crippen molar-refractivity contribution < 1.29 is 4.39 Å². The normalized spacial score (nSPS) is 14.8. The summed E-state index contributed by atoms with van der Waals surface area (Å²) < 4.78 is 15.2. The highest BCUT2D eigenvalue weighted by molar-refractivity contribution is 5.62. The molecule has 1 aliphatic rings. The predicted octanol–water partition coefficient (Wildman–Crippen LogP) is 2.71. The molecule has 1 aliphatic carbocycles. The summed E-state index contributed by atoms with van der Waals surface area (Å²) in [5, 5.41) is 4.31. The molecule has 0 unspecified atom stereocenters. The highest BCUT2D eigenvalue weighted by atomic mass is 19.1. The number of halogens is 1. The zero-order chi connectivity index (χ0) is 13.7. The number of nitrogens with one attached hydrogen (secondary N) is 1. The van der Waals surface area contributed by atoms with Crippen molar-refractivity contribution in [1.29, 1.82) is 0 Å². The quantitative estimate of drug-likeness (QED) is 0.777. The summed E-state index contributed by atoms with van der Waals surface area (Å²) in [4.78, 5) is 15.2. The Labute approximate surface area is 113 Å². The average Bonchev–Trinajstić information content (AvgIpc) is 3.19. The van der Waals surface area contributed by atoms with Crippen molar-refractivity contribution in [2.24, 2.45) is 0 Å². The van der Waals surface area contributed by atoms with Gasteiger partial charge in [-0.25, -0.2) is 4.39 Å². The summed E-state index contributed by atoms with van der Waals surface area (Å²) in [6.45, 7) is 0. The van der Waals surface area contributed by atoms with Crippen LogP contribution in [0.15, 0.2) is 41.2 Å². The fourth-order valence-electron chi connectivity index (χ4n) is 2.42. The highest BCUT2D eigenvalue weighted by Crippen LogP contribution is 2.39. The van der Waals surface area contributed by atoms with Crippen LogP contribution in [0.25, 0.3) is 16.9 Å². The number of benzene rings is 1. The Hall–Kier alpha value is -2.43. The van der Waals surface area contributed by atoms with E-state index in [0.717, 1.165) is 18.5 Å². The van der Waals surface area contributed by atoms with Gasteiger partial charge in [-0.15, -0.1) is 0 Å². The number of nitrogens with zero attached hydrogens (tertiary/aromatic N) is 2. The zero-order valence-corrected chi connectivity index (χ0v) is 10.6. The molecule has 0 spiro atoms. The number of aromatic amines is 1. The summed E-state index contributed by atoms with van der Waals surface area (Å²) in [6.07, 6.45) is 2.25. The Morgan fingerprint density at radius 3 is 2.80 bits per heavy atom. The van der Waals surface area contributed by atoms with E-state index in [1.807, 2.05) is 6.07 Å². The fourth-order valence-corrected chi connectivity index (χ4v) is 2.42. The van der Waals surface area contributed by atoms with Crippen molar-refractivity contribution in [3.05, 3.63) is 58.3 Å². The van der Waals surface area contributed by atoms with Gasteiger partial charge in [0.25, 0.3) is 5.56 Å². The summed E-state index contributed by atoms with van der Waals surface area (Å²) in [6, 6.07) is 9.66. The topological polar surface area (TPSA) is 50.2 Å². The smallest absolute Gasteiger partial charge is 0.274 e. The van der Waals surface area contributed by atoms with Crippen LogP contribution in [0.2, 0.25) is 0 Å². The maximum Gasteiger partial charge on any atom is 0.274 e. The van der Waals surface area contributed by atoms with Gasteiger partial charge in [0.2, 0.25) is 0 Å². The van der Waals surface area contributed by atoms with Crippen molar-refractivity contribution in [2.45, 2.75) is 18.8 Å². The molecular formula is C15H12FN3O. The van der Waals surface area contributed by atoms with Crippen LogP contribution in [0.3, 0.4) is 0 Å². The van der Waals surface area contributed by atoms with E-state index in [1.54, 1.807) is 18.2 Å². The minimum atomic E-state index is -0.352. The van der Waals surface area contributed by atoms with Gasteiger partial charge in [-0.3, -0.25) is 4.79 Å². The molecule has 0 atom stereocenters. The second-order valence-electron chi connectivity index (χ2n) is 5.14. The molecule has 3 aromatic rings. The monoisotopic (exact) mass is 269 g/mol. The Morgan fingerprint density at radius 2 is 2.05 bits per heavy atom. The van der Waals surface area contributed by atoms with Crippen LogP contribution < -0.4 is 5.56 Å². The second-order valence-corrected chi connectivity index (χ2v) is 5.14. The summed E-state index contributed by atoms with van der Waals surface area (Å²) in [5.74, 6) is 0.119. The van der Waals surface area contributed by atoms with Crippen LogP contribution in [0.5, 0.6) is 0 Å².